The first-order chi connectivity index (χ1) is 16.7. The zero-order chi connectivity index (χ0) is 26.4. The van der Waals surface area contributed by atoms with Gasteiger partial charge in [-0.3, -0.25) is 4.79 Å². The number of hydrogen-bond donors (Lipinski definition) is 2. The quantitative estimate of drug-likeness (QED) is 0.474. The summed E-state index contributed by atoms with van der Waals surface area (Å²) < 4.78 is 30.2. The Bertz CT molecular complexity index is 1500. The number of aromatic carboxylic acids is 1. The van der Waals surface area contributed by atoms with Gasteiger partial charge in [0, 0.05) is 36.7 Å². The zero-order valence-electron chi connectivity index (χ0n) is 21.2. The molecule has 0 radical (unpaired) electrons. The van der Waals surface area contributed by atoms with Crippen molar-refractivity contribution in [2.75, 3.05) is 29.6 Å². The van der Waals surface area contributed by atoms with Crippen molar-refractivity contribution >= 4 is 38.3 Å². The summed E-state index contributed by atoms with van der Waals surface area (Å²) in [5.74, 6) is -0.713. The van der Waals surface area contributed by atoms with Gasteiger partial charge in [0.2, 0.25) is 0 Å². The largest absolute Gasteiger partial charge is 0.478 e. The second kappa shape index (κ2) is 9.28. The maximum absolute atomic E-state index is 13.1. The summed E-state index contributed by atoms with van der Waals surface area (Å²) in [7, 11) is -3.56. The number of anilines is 2. The third-order valence-electron chi connectivity index (χ3n) is 6.91. The number of hydrogen-bond acceptors (Lipinski definition) is 7. The number of carboxylic acid groups (broad SMARTS) is 1. The number of carboxylic acids is 1. The maximum Gasteiger partial charge on any atom is 0.337 e. The van der Waals surface area contributed by atoms with Crippen LogP contribution in [0.15, 0.2) is 50.5 Å². The fourth-order valence-electron chi connectivity index (χ4n) is 4.60. The van der Waals surface area contributed by atoms with Crippen LogP contribution in [0.5, 0.6) is 0 Å². The smallest absolute Gasteiger partial charge is 0.337 e. The molecule has 2 aromatic carbocycles. The van der Waals surface area contributed by atoms with E-state index in [1.54, 1.807) is 12.1 Å². The molecule has 1 atom stereocenters. The molecule has 8 nitrogen and oxygen atoms in total. The number of fused-ring (bicyclic) bond motifs is 1. The lowest BCUT2D eigenvalue weighted by Crippen LogP contribution is -2.37. The molecular formula is C27H32N2O6S. The second-order valence-corrected chi connectivity index (χ2v) is 12.5. The van der Waals surface area contributed by atoms with Crippen LogP contribution in [0.25, 0.3) is 11.0 Å². The minimum Gasteiger partial charge on any atom is -0.478 e. The minimum absolute atomic E-state index is 0.0699. The van der Waals surface area contributed by atoms with Crippen molar-refractivity contribution in [1.29, 1.82) is 0 Å². The van der Waals surface area contributed by atoms with Crippen LogP contribution in [0.2, 0.25) is 0 Å². The molecule has 1 aromatic heterocycles. The summed E-state index contributed by atoms with van der Waals surface area (Å²) in [6.07, 6.45) is 3.02. The molecule has 1 saturated heterocycles. The summed E-state index contributed by atoms with van der Waals surface area (Å²) in [6.45, 7) is 9.81. The van der Waals surface area contributed by atoms with Crippen molar-refractivity contribution in [2.24, 2.45) is 5.41 Å². The van der Waals surface area contributed by atoms with E-state index in [0.29, 0.717) is 22.4 Å². The van der Waals surface area contributed by atoms with Crippen molar-refractivity contribution < 1.29 is 22.7 Å². The predicted molar refractivity (Wildman–Crippen MR) is 141 cm³/mol. The molecule has 36 heavy (non-hydrogen) atoms. The van der Waals surface area contributed by atoms with Gasteiger partial charge in [0.15, 0.2) is 21.2 Å². The molecule has 1 aliphatic rings. The Kier molecular flexibility index (Phi) is 6.64. The van der Waals surface area contributed by atoms with E-state index < -0.39 is 21.8 Å². The highest BCUT2D eigenvalue weighted by atomic mass is 32.2. The highest BCUT2D eigenvalue weighted by molar-refractivity contribution is 7.90. The van der Waals surface area contributed by atoms with E-state index in [0.717, 1.165) is 43.8 Å². The molecule has 0 spiro atoms. The number of rotatable bonds is 6. The van der Waals surface area contributed by atoms with E-state index in [9.17, 15) is 23.1 Å². The number of sulfone groups is 1. The lowest BCUT2D eigenvalue weighted by atomic mass is 9.83. The van der Waals surface area contributed by atoms with Gasteiger partial charge in [0.25, 0.3) is 0 Å². The monoisotopic (exact) mass is 512 g/mol. The van der Waals surface area contributed by atoms with E-state index >= 15 is 0 Å². The van der Waals surface area contributed by atoms with Gasteiger partial charge in [0.1, 0.15) is 5.58 Å². The average molecular weight is 513 g/mol. The molecule has 0 bridgehead atoms. The van der Waals surface area contributed by atoms with Crippen molar-refractivity contribution in [3.05, 3.63) is 63.3 Å². The van der Waals surface area contributed by atoms with Crippen molar-refractivity contribution in [1.82, 2.24) is 0 Å². The normalized spacial score (nSPS) is 16.6. The molecule has 192 valence electrons. The van der Waals surface area contributed by atoms with Crippen LogP contribution >= 0.6 is 0 Å². The van der Waals surface area contributed by atoms with Crippen LogP contribution < -0.4 is 15.6 Å². The van der Waals surface area contributed by atoms with Crippen LogP contribution in [0.3, 0.4) is 0 Å². The number of benzene rings is 2. The SMILES string of the molecule is Cc1cc([C@@H](C)Nc2ccc(S(C)(=O)=O)cc2C(=O)O)c2oc(N3CCC(C)(C)CC3)cc(=O)c2c1. The van der Waals surface area contributed by atoms with E-state index in [1.165, 1.54) is 12.1 Å². The van der Waals surface area contributed by atoms with Gasteiger partial charge < -0.3 is 19.7 Å². The Morgan fingerprint density at radius 1 is 1.14 bits per heavy atom. The summed E-state index contributed by atoms with van der Waals surface area (Å²) in [5.41, 5.74) is 2.29. The molecule has 0 aliphatic carbocycles. The third-order valence-corrected chi connectivity index (χ3v) is 8.02. The molecule has 0 unspecified atom stereocenters. The maximum atomic E-state index is 13.1. The second-order valence-electron chi connectivity index (χ2n) is 10.5. The van der Waals surface area contributed by atoms with Gasteiger partial charge in [-0.25, -0.2) is 13.2 Å². The summed E-state index contributed by atoms with van der Waals surface area (Å²) >= 11 is 0. The van der Waals surface area contributed by atoms with Crippen LogP contribution in [-0.4, -0.2) is 38.8 Å². The average Bonchev–Trinajstić information content (AvgIpc) is 2.78. The Balaban J connectivity index is 1.75. The Morgan fingerprint density at radius 3 is 2.42 bits per heavy atom. The molecule has 1 aliphatic heterocycles. The van der Waals surface area contributed by atoms with Gasteiger partial charge in [-0.1, -0.05) is 19.9 Å². The van der Waals surface area contributed by atoms with Crippen molar-refractivity contribution in [2.45, 2.75) is 51.5 Å². The van der Waals surface area contributed by atoms with Gasteiger partial charge >= 0.3 is 5.97 Å². The van der Waals surface area contributed by atoms with Crippen molar-refractivity contribution in [3.8, 4) is 0 Å². The Hall–Kier alpha value is -3.33. The molecule has 3 aromatic rings. The molecule has 0 amide bonds. The lowest BCUT2D eigenvalue weighted by molar-refractivity contribution is 0.0697. The van der Waals surface area contributed by atoms with E-state index in [1.807, 2.05) is 19.9 Å². The van der Waals surface area contributed by atoms with Gasteiger partial charge in [-0.2, -0.15) is 0 Å². The van der Waals surface area contributed by atoms with Gasteiger partial charge in [-0.15, -0.1) is 0 Å². The zero-order valence-corrected chi connectivity index (χ0v) is 22.0. The molecule has 0 saturated carbocycles. The van der Waals surface area contributed by atoms with Gasteiger partial charge in [0.05, 0.1) is 21.9 Å². The first kappa shape index (κ1) is 25.8. The summed E-state index contributed by atoms with van der Waals surface area (Å²) in [4.78, 5) is 27.0. The number of nitrogens with zero attached hydrogens (tertiary/aromatic N) is 1. The first-order valence-electron chi connectivity index (χ1n) is 11.9. The highest BCUT2D eigenvalue weighted by Crippen LogP contribution is 2.35. The minimum atomic E-state index is -3.56. The summed E-state index contributed by atoms with van der Waals surface area (Å²) in [6, 6.07) is 8.80. The molecule has 2 heterocycles. The molecule has 2 N–H and O–H groups in total. The first-order valence-corrected chi connectivity index (χ1v) is 13.8. The Morgan fingerprint density at radius 2 is 1.81 bits per heavy atom. The molecule has 1 fully saturated rings. The Labute approximate surface area is 210 Å². The molecule has 9 heteroatoms. The van der Waals surface area contributed by atoms with Crippen LogP contribution in [0, 0.1) is 12.3 Å². The van der Waals surface area contributed by atoms with Gasteiger partial charge in [-0.05, 0) is 61.9 Å². The van der Waals surface area contributed by atoms with E-state index in [-0.39, 0.29) is 27.0 Å². The fourth-order valence-corrected chi connectivity index (χ4v) is 5.25. The number of carbonyl (C=O) groups is 1. The fraction of sp³-hybridized carbons (Fsp3) is 0.407. The van der Waals surface area contributed by atoms with E-state index in [2.05, 4.69) is 24.1 Å². The number of nitrogens with one attached hydrogen (secondary N) is 1. The van der Waals surface area contributed by atoms with E-state index in [4.69, 9.17) is 4.42 Å². The highest BCUT2D eigenvalue weighted by Gasteiger charge is 2.27. The standard InChI is InChI=1S/C27H32N2O6S/c1-16-12-19(17(2)28-22-7-6-18(36(5,33)34)14-20(22)26(31)32)25-21(13-16)23(30)15-24(35-25)29-10-8-27(3,4)9-11-29/h6-7,12-15,17,28H,8-11H2,1-5H3,(H,31,32)/t17-/m1/s1. The summed E-state index contributed by atoms with van der Waals surface area (Å²) in [5, 5.41) is 13.4. The van der Waals surface area contributed by atoms with Crippen LogP contribution in [0.4, 0.5) is 11.6 Å². The lowest BCUT2D eigenvalue weighted by Gasteiger charge is -2.37. The molecule has 4 rings (SSSR count). The topological polar surface area (TPSA) is 117 Å². The molecular weight excluding hydrogens is 480 g/mol. The van der Waals surface area contributed by atoms with Crippen LogP contribution in [0.1, 0.15) is 61.1 Å². The van der Waals surface area contributed by atoms with Crippen molar-refractivity contribution in [3.63, 3.8) is 0 Å². The third kappa shape index (κ3) is 5.26. The number of piperidine rings is 1. The predicted octanol–water partition coefficient (Wildman–Crippen LogP) is 5.00. The van der Waals surface area contributed by atoms with Crippen LogP contribution in [-0.2, 0) is 9.84 Å². The number of aryl methyl sites for hydroxylation is 1.